The van der Waals surface area contributed by atoms with Gasteiger partial charge in [-0.1, -0.05) is 6.07 Å². The first-order chi connectivity index (χ1) is 16.9. The molecule has 1 amide bonds. The zero-order valence-corrected chi connectivity index (χ0v) is 19.0. The van der Waals surface area contributed by atoms with Crippen molar-refractivity contribution in [2.75, 3.05) is 21.3 Å². The van der Waals surface area contributed by atoms with Crippen LogP contribution in [0.15, 0.2) is 65.8 Å². The summed E-state index contributed by atoms with van der Waals surface area (Å²) in [4.78, 5) is 35.0. The molecule has 0 atom stereocenters. The summed E-state index contributed by atoms with van der Waals surface area (Å²) >= 11 is 0. The smallest absolute Gasteiger partial charge is 0.343 e. The van der Waals surface area contributed by atoms with Crippen molar-refractivity contribution in [1.82, 2.24) is 5.43 Å². The van der Waals surface area contributed by atoms with Gasteiger partial charge in [0.05, 0.1) is 38.0 Å². The predicted molar refractivity (Wildman–Crippen MR) is 126 cm³/mol. The maximum Gasteiger partial charge on any atom is 0.343 e. The minimum atomic E-state index is -0.630. The third kappa shape index (κ3) is 6.11. The topological polar surface area (TPSA) is 139 Å². The lowest BCUT2D eigenvalue weighted by Crippen LogP contribution is -2.17. The standard InChI is InChI=1S/C24H21N3O8/c1-32-19-10-8-17(13-22(19)34-3)24(29)35-20-9-7-15(11-21(20)33-2)14-25-26-23(28)16-5-4-6-18(12-16)27(30)31/h4-14H,1-3H3,(H,26,28). The van der Waals surface area contributed by atoms with E-state index in [2.05, 4.69) is 10.5 Å². The van der Waals surface area contributed by atoms with Crippen molar-refractivity contribution in [3.05, 3.63) is 87.5 Å². The molecular weight excluding hydrogens is 458 g/mol. The highest BCUT2D eigenvalue weighted by Crippen LogP contribution is 2.31. The van der Waals surface area contributed by atoms with Gasteiger partial charge in [0, 0.05) is 17.7 Å². The summed E-state index contributed by atoms with van der Waals surface area (Å²) in [6.45, 7) is 0. The van der Waals surface area contributed by atoms with Gasteiger partial charge in [-0.2, -0.15) is 5.10 Å². The number of esters is 1. The van der Waals surface area contributed by atoms with Gasteiger partial charge < -0.3 is 18.9 Å². The zero-order chi connectivity index (χ0) is 25.4. The average Bonchev–Trinajstić information content (AvgIpc) is 2.88. The van der Waals surface area contributed by atoms with Crippen molar-refractivity contribution in [3.8, 4) is 23.0 Å². The molecule has 0 spiro atoms. The number of hydrogen-bond acceptors (Lipinski definition) is 9. The summed E-state index contributed by atoms with van der Waals surface area (Å²) in [6.07, 6.45) is 1.34. The van der Waals surface area contributed by atoms with Gasteiger partial charge in [-0.25, -0.2) is 10.2 Å². The highest BCUT2D eigenvalue weighted by atomic mass is 16.6. The normalized spacial score (nSPS) is 10.5. The predicted octanol–water partition coefficient (Wildman–Crippen LogP) is 3.60. The highest BCUT2D eigenvalue weighted by Gasteiger charge is 2.16. The Morgan fingerprint density at radius 2 is 1.54 bits per heavy atom. The Morgan fingerprint density at radius 3 is 2.23 bits per heavy atom. The average molecular weight is 479 g/mol. The molecule has 35 heavy (non-hydrogen) atoms. The zero-order valence-electron chi connectivity index (χ0n) is 19.0. The van der Waals surface area contributed by atoms with E-state index in [-0.39, 0.29) is 28.3 Å². The summed E-state index contributed by atoms with van der Waals surface area (Å²) in [5.74, 6) is 0.0422. The Morgan fingerprint density at radius 1 is 0.857 bits per heavy atom. The maximum absolute atomic E-state index is 12.6. The number of methoxy groups -OCH3 is 3. The number of non-ortho nitro benzene ring substituents is 1. The molecule has 0 aromatic heterocycles. The number of hydrazone groups is 1. The first kappa shape index (κ1) is 24.7. The van der Waals surface area contributed by atoms with E-state index >= 15 is 0 Å². The van der Waals surface area contributed by atoms with E-state index in [0.29, 0.717) is 17.1 Å². The highest BCUT2D eigenvalue weighted by molar-refractivity contribution is 5.95. The largest absolute Gasteiger partial charge is 0.493 e. The Kier molecular flexibility index (Phi) is 7.96. The van der Waals surface area contributed by atoms with Crippen molar-refractivity contribution in [2.45, 2.75) is 0 Å². The van der Waals surface area contributed by atoms with Gasteiger partial charge in [-0.05, 0) is 48.0 Å². The molecule has 11 heteroatoms. The van der Waals surface area contributed by atoms with Gasteiger partial charge in [0.2, 0.25) is 0 Å². The van der Waals surface area contributed by atoms with Crippen LogP contribution in [0.4, 0.5) is 5.69 Å². The van der Waals surface area contributed by atoms with E-state index in [1.54, 1.807) is 24.3 Å². The lowest BCUT2D eigenvalue weighted by atomic mass is 10.2. The van der Waals surface area contributed by atoms with Crippen LogP contribution < -0.4 is 24.4 Å². The van der Waals surface area contributed by atoms with Crippen LogP contribution in [0.1, 0.15) is 26.3 Å². The molecule has 0 saturated heterocycles. The molecule has 180 valence electrons. The SMILES string of the molecule is COc1ccc(C(=O)Oc2ccc(C=NNC(=O)c3cccc([N+](=O)[O-])c3)cc2OC)cc1OC. The van der Waals surface area contributed by atoms with Crippen molar-refractivity contribution in [2.24, 2.45) is 5.10 Å². The molecule has 0 aliphatic carbocycles. The van der Waals surface area contributed by atoms with E-state index in [0.717, 1.165) is 6.07 Å². The fourth-order valence-corrected chi connectivity index (χ4v) is 2.96. The van der Waals surface area contributed by atoms with Gasteiger partial charge in [0.1, 0.15) is 0 Å². The lowest BCUT2D eigenvalue weighted by molar-refractivity contribution is -0.384. The number of nitro groups is 1. The summed E-state index contributed by atoms with van der Waals surface area (Å²) < 4.78 is 21.1. The molecular formula is C24H21N3O8. The van der Waals surface area contributed by atoms with Crippen LogP contribution in [-0.4, -0.2) is 44.3 Å². The van der Waals surface area contributed by atoms with Crippen LogP contribution in [0.3, 0.4) is 0 Å². The molecule has 0 aliphatic rings. The molecule has 0 saturated carbocycles. The number of ether oxygens (including phenoxy) is 4. The van der Waals surface area contributed by atoms with E-state index in [1.165, 1.54) is 57.9 Å². The summed E-state index contributed by atoms with van der Waals surface area (Å²) in [6, 6.07) is 14.6. The number of carbonyl (C=O) groups is 2. The van der Waals surface area contributed by atoms with Crippen LogP contribution in [0.2, 0.25) is 0 Å². The minimum absolute atomic E-state index is 0.0892. The van der Waals surface area contributed by atoms with Gasteiger partial charge in [-0.15, -0.1) is 0 Å². The summed E-state index contributed by atoms with van der Waals surface area (Å²) in [7, 11) is 4.36. The number of carbonyl (C=O) groups excluding carboxylic acids is 2. The number of benzene rings is 3. The Labute approximate surface area is 200 Å². The van der Waals surface area contributed by atoms with E-state index in [4.69, 9.17) is 18.9 Å². The first-order valence-corrected chi connectivity index (χ1v) is 10.1. The third-order valence-corrected chi connectivity index (χ3v) is 4.71. The molecule has 1 N–H and O–H groups in total. The fraction of sp³-hybridized carbons (Fsp3) is 0.125. The molecule has 0 fully saturated rings. The molecule has 0 radical (unpaired) electrons. The Balaban J connectivity index is 1.69. The van der Waals surface area contributed by atoms with Gasteiger partial charge >= 0.3 is 5.97 Å². The Hall–Kier alpha value is -4.93. The number of nitrogens with zero attached hydrogens (tertiary/aromatic N) is 2. The van der Waals surface area contributed by atoms with Crippen LogP contribution in [-0.2, 0) is 0 Å². The molecule has 0 bridgehead atoms. The van der Waals surface area contributed by atoms with Gasteiger partial charge in [0.15, 0.2) is 23.0 Å². The molecule has 0 heterocycles. The van der Waals surface area contributed by atoms with Gasteiger partial charge in [0.25, 0.3) is 11.6 Å². The monoisotopic (exact) mass is 479 g/mol. The minimum Gasteiger partial charge on any atom is -0.493 e. The van der Waals surface area contributed by atoms with Crippen LogP contribution in [0, 0.1) is 10.1 Å². The number of nitrogens with one attached hydrogen (secondary N) is 1. The quantitative estimate of drug-likeness (QED) is 0.161. The lowest BCUT2D eigenvalue weighted by Gasteiger charge is -2.11. The van der Waals surface area contributed by atoms with Crippen molar-refractivity contribution in [1.29, 1.82) is 0 Å². The van der Waals surface area contributed by atoms with E-state index in [1.807, 2.05) is 0 Å². The second-order valence-electron chi connectivity index (χ2n) is 6.88. The molecule has 3 aromatic rings. The van der Waals surface area contributed by atoms with E-state index in [9.17, 15) is 19.7 Å². The number of amides is 1. The van der Waals surface area contributed by atoms with Crippen molar-refractivity contribution < 1.29 is 33.5 Å². The number of rotatable bonds is 9. The fourth-order valence-electron chi connectivity index (χ4n) is 2.96. The first-order valence-electron chi connectivity index (χ1n) is 10.1. The Bertz CT molecular complexity index is 1290. The van der Waals surface area contributed by atoms with Crippen LogP contribution in [0.5, 0.6) is 23.0 Å². The van der Waals surface area contributed by atoms with E-state index < -0.39 is 16.8 Å². The number of nitro benzene ring substituents is 1. The molecule has 3 aromatic carbocycles. The molecule has 11 nitrogen and oxygen atoms in total. The molecule has 3 rings (SSSR count). The molecule has 0 aliphatic heterocycles. The van der Waals surface area contributed by atoms with Crippen LogP contribution >= 0.6 is 0 Å². The van der Waals surface area contributed by atoms with Gasteiger partial charge in [-0.3, -0.25) is 14.9 Å². The summed E-state index contributed by atoms with van der Waals surface area (Å²) in [5, 5.41) is 14.7. The second kappa shape index (κ2) is 11.3. The summed E-state index contributed by atoms with van der Waals surface area (Å²) in [5.41, 5.74) is 2.97. The van der Waals surface area contributed by atoms with Crippen LogP contribution in [0.25, 0.3) is 0 Å². The number of hydrogen-bond donors (Lipinski definition) is 1. The molecule has 0 unspecified atom stereocenters. The second-order valence-corrected chi connectivity index (χ2v) is 6.88. The van der Waals surface area contributed by atoms with Crippen molar-refractivity contribution >= 4 is 23.8 Å². The van der Waals surface area contributed by atoms with Crippen molar-refractivity contribution in [3.63, 3.8) is 0 Å². The third-order valence-electron chi connectivity index (χ3n) is 4.71. The maximum atomic E-state index is 12.6.